The molecule has 0 spiro atoms. The van der Waals surface area contributed by atoms with Crippen LogP contribution in [0.15, 0.2) is 264 Å². The third-order valence-corrected chi connectivity index (χ3v) is 9.44. The fraction of sp³-hybridized carbons (Fsp3) is 0.286. The van der Waals surface area contributed by atoms with E-state index in [2.05, 4.69) is 241 Å². The topological polar surface area (TPSA) is 0 Å². The lowest BCUT2D eigenvalue weighted by atomic mass is 10.0. The molecule has 6 aromatic carbocycles. The zero-order chi connectivity index (χ0) is 53.8. The molecule has 0 amide bonds. The first-order chi connectivity index (χ1) is 33.4. The van der Waals surface area contributed by atoms with Gasteiger partial charge in [0.2, 0.25) is 0 Å². The second-order valence-corrected chi connectivity index (χ2v) is 17.1. The van der Waals surface area contributed by atoms with Gasteiger partial charge < -0.3 is 0 Å². The molecule has 0 fully saturated rings. The molecule has 0 bridgehead atoms. The second kappa shape index (κ2) is 51.9. The summed E-state index contributed by atoms with van der Waals surface area (Å²) in [6, 6.07) is 62.4. The van der Waals surface area contributed by atoms with Crippen molar-refractivity contribution in [3.63, 3.8) is 0 Å². The molecule has 70 heavy (non-hydrogen) atoms. The molecule has 0 aromatic heterocycles. The maximum atomic E-state index is 2.18. The second-order valence-electron chi connectivity index (χ2n) is 17.1. The molecule has 378 valence electrons. The van der Waals surface area contributed by atoms with Crippen molar-refractivity contribution in [1.29, 1.82) is 0 Å². The molecule has 0 nitrogen and oxygen atoms in total. The maximum Gasteiger partial charge on any atom is -0.0184 e. The van der Waals surface area contributed by atoms with Gasteiger partial charge in [-0.25, -0.2) is 0 Å². The van der Waals surface area contributed by atoms with Crippen LogP contribution in [0, 0.1) is 0 Å². The van der Waals surface area contributed by atoms with E-state index in [-0.39, 0.29) is 0 Å². The Hall–Kier alpha value is -6.50. The molecule has 0 atom stereocenters. The van der Waals surface area contributed by atoms with Crippen molar-refractivity contribution in [3.8, 4) is 33.4 Å². The summed E-state index contributed by atoms with van der Waals surface area (Å²) < 4.78 is 0. The lowest BCUT2D eigenvalue weighted by Crippen LogP contribution is -1.79. The molecular weight excluding hydrogens is 841 g/mol. The van der Waals surface area contributed by atoms with Crippen LogP contribution in [0.25, 0.3) is 33.4 Å². The molecule has 6 aromatic rings. The van der Waals surface area contributed by atoms with Crippen LogP contribution in [0.3, 0.4) is 0 Å². The van der Waals surface area contributed by atoms with E-state index >= 15 is 0 Å². The van der Waals surface area contributed by atoms with Crippen molar-refractivity contribution in [2.75, 3.05) is 0 Å². The van der Waals surface area contributed by atoms with Crippen molar-refractivity contribution in [2.24, 2.45) is 0 Å². The Kier molecular flexibility index (Phi) is 51.9. The number of allylic oxidation sites excluding steroid dienone is 14. The van der Waals surface area contributed by atoms with Gasteiger partial charge in [0.05, 0.1) is 0 Å². The van der Waals surface area contributed by atoms with E-state index in [1.54, 1.807) is 0 Å². The molecule has 0 heteroatoms. The van der Waals surface area contributed by atoms with Crippen molar-refractivity contribution >= 4 is 0 Å². The molecule has 0 aliphatic heterocycles. The molecule has 6 rings (SSSR count). The molecule has 0 saturated carbocycles. The minimum atomic E-state index is 1.26. The van der Waals surface area contributed by atoms with E-state index < -0.39 is 0 Å². The first-order valence-corrected chi connectivity index (χ1v) is 24.9. The summed E-state index contributed by atoms with van der Waals surface area (Å²) in [5.41, 5.74) is 15.9. The lowest BCUT2D eigenvalue weighted by molar-refractivity contribution is 1.36. The van der Waals surface area contributed by atoms with Gasteiger partial charge in [-0.1, -0.05) is 264 Å². The molecular formula is C70H98. The van der Waals surface area contributed by atoms with Gasteiger partial charge in [0.1, 0.15) is 0 Å². The van der Waals surface area contributed by atoms with E-state index in [1.165, 1.54) is 66.8 Å². The fourth-order valence-corrected chi connectivity index (χ4v) is 3.76. The summed E-state index contributed by atoms with van der Waals surface area (Å²) in [4.78, 5) is 0. The highest BCUT2D eigenvalue weighted by Gasteiger charge is 1.99. The Morgan fingerprint density at radius 1 is 0.186 bits per heavy atom. The van der Waals surface area contributed by atoms with Crippen LogP contribution in [-0.2, 0) is 0 Å². The van der Waals surface area contributed by atoms with Gasteiger partial charge in [-0.2, -0.15) is 0 Å². The standard InChI is InChI=1S/C18H14.C12H10.C6H6.6C5H10.C4H8/c1-3-7-15(8-4-1)17-11-13-18(14-12-17)16-9-5-2-6-10-16;1-3-7-11(8-4-1)12-9-5-2-6-10-12;1-2-4-6-5-3-1;6*1-4-5(2)3;1-3-4-2/h1-14H;1-10H;1-6H;6*4H,1-3H3;3-4H,1-2H3/b;;;;;;;;;4-3+. The van der Waals surface area contributed by atoms with Crippen molar-refractivity contribution < 1.29 is 0 Å². The van der Waals surface area contributed by atoms with Crippen LogP contribution in [0.2, 0.25) is 0 Å². The van der Waals surface area contributed by atoms with E-state index in [0.717, 1.165) is 0 Å². The highest BCUT2D eigenvalue weighted by Crippen LogP contribution is 2.24. The molecule has 0 aliphatic rings. The van der Waals surface area contributed by atoms with E-state index in [0.29, 0.717) is 0 Å². The lowest BCUT2D eigenvalue weighted by Gasteiger charge is -2.04. The van der Waals surface area contributed by atoms with Gasteiger partial charge in [0.15, 0.2) is 0 Å². The van der Waals surface area contributed by atoms with E-state index in [4.69, 9.17) is 0 Å². The minimum Gasteiger partial charge on any atom is -0.0919 e. The van der Waals surface area contributed by atoms with Gasteiger partial charge in [-0.3, -0.25) is 0 Å². The molecule has 0 unspecified atom stereocenters. The minimum absolute atomic E-state index is 1.26. The van der Waals surface area contributed by atoms with Crippen molar-refractivity contribution in [2.45, 2.75) is 138 Å². The quantitative estimate of drug-likeness (QED) is 0.155. The van der Waals surface area contributed by atoms with Crippen molar-refractivity contribution in [3.05, 3.63) is 264 Å². The first-order valence-electron chi connectivity index (χ1n) is 24.9. The zero-order valence-electron chi connectivity index (χ0n) is 47.9. The van der Waals surface area contributed by atoms with Crippen molar-refractivity contribution in [1.82, 2.24) is 0 Å². The monoisotopic (exact) mass is 939 g/mol. The molecule has 0 N–H and O–H groups in total. The fourth-order valence-electron chi connectivity index (χ4n) is 3.76. The van der Waals surface area contributed by atoms with Gasteiger partial charge in [-0.15, -0.1) is 0 Å². The normalized spacial score (nSPS) is 8.51. The number of hydrogen-bond acceptors (Lipinski definition) is 0. The number of rotatable bonds is 3. The summed E-state index contributed by atoms with van der Waals surface area (Å²) in [6.45, 7) is 41.2. The number of benzene rings is 6. The average molecular weight is 940 g/mol. The predicted molar refractivity (Wildman–Crippen MR) is 327 cm³/mol. The van der Waals surface area contributed by atoms with Gasteiger partial charge in [0, 0.05) is 0 Å². The smallest absolute Gasteiger partial charge is 0.0184 e. The Balaban J connectivity index is -0.000000369. The third kappa shape index (κ3) is 50.9. The zero-order valence-corrected chi connectivity index (χ0v) is 47.9. The Morgan fingerprint density at radius 2 is 0.286 bits per heavy atom. The molecule has 0 heterocycles. The Morgan fingerprint density at radius 3 is 0.386 bits per heavy atom. The van der Waals surface area contributed by atoms with Crippen LogP contribution < -0.4 is 0 Å². The van der Waals surface area contributed by atoms with Gasteiger partial charge >= 0.3 is 0 Å². The predicted octanol–water partition coefficient (Wildman–Crippen LogP) is 23.5. The Labute approximate surface area is 433 Å². The van der Waals surface area contributed by atoms with Crippen LogP contribution in [-0.4, -0.2) is 0 Å². The SMILES string of the molecule is C/C=C/C.CC=C(C)C.CC=C(C)C.CC=C(C)C.CC=C(C)C.CC=C(C)C.CC=C(C)C.c1ccc(-c2ccc(-c3ccccc3)cc2)cc1.c1ccc(-c2ccccc2)cc1.c1ccccc1. The summed E-state index contributed by atoms with van der Waals surface area (Å²) in [5, 5.41) is 0. The first kappa shape index (κ1) is 70.1. The molecule has 0 radical (unpaired) electrons. The maximum absolute atomic E-state index is 2.18. The summed E-state index contributed by atoms with van der Waals surface area (Å²) in [6.07, 6.45) is 16.5. The van der Waals surface area contributed by atoms with Gasteiger partial charge in [-0.05, 0) is 172 Å². The van der Waals surface area contributed by atoms with E-state index in [1.807, 2.05) is 128 Å². The molecule has 0 aliphatic carbocycles. The van der Waals surface area contributed by atoms with Crippen LogP contribution in [0.5, 0.6) is 0 Å². The summed E-state index contributed by atoms with van der Waals surface area (Å²) >= 11 is 0. The third-order valence-electron chi connectivity index (χ3n) is 9.44. The summed E-state index contributed by atoms with van der Waals surface area (Å²) in [5.74, 6) is 0. The highest BCUT2D eigenvalue weighted by atomic mass is 14.0. The average Bonchev–Trinajstić information content (AvgIpc) is 3.41. The van der Waals surface area contributed by atoms with Crippen LogP contribution in [0.4, 0.5) is 0 Å². The van der Waals surface area contributed by atoms with Crippen LogP contribution in [0.1, 0.15) is 138 Å². The molecule has 0 saturated heterocycles. The largest absolute Gasteiger partial charge is 0.0919 e. The van der Waals surface area contributed by atoms with Crippen LogP contribution >= 0.6 is 0 Å². The Bertz CT molecular complexity index is 1950. The van der Waals surface area contributed by atoms with E-state index in [9.17, 15) is 0 Å². The highest BCUT2D eigenvalue weighted by molar-refractivity contribution is 5.70. The van der Waals surface area contributed by atoms with Gasteiger partial charge in [0.25, 0.3) is 0 Å². The summed E-state index contributed by atoms with van der Waals surface area (Å²) in [7, 11) is 0. The number of hydrogen-bond donors (Lipinski definition) is 0.